The molecular weight excluding hydrogens is 240 g/mol. The van der Waals surface area contributed by atoms with E-state index in [4.69, 9.17) is 0 Å². The van der Waals surface area contributed by atoms with Crippen LogP contribution in [-0.2, 0) is 10.0 Å². The van der Waals surface area contributed by atoms with Gasteiger partial charge in [0.2, 0.25) is 10.0 Å². The van der Waals surface area contributed by atoms with Crippen molar-refractivity contribution in [3.63, 3.8) is 0 Å². The van der Waals surface area contributed by atoms with Crippen LogP contribution in [-0.4, -0.2) is 30.7 Å². The minimum atomic E-state index is -3.53. The average molecular weight is 258 g/mol. The second-order valence-corrected chi connectivity index (χ2v) is 6.33. The number of aromatic amines is 1. The molecule has 0 amide bonds. The Morgan fingerprint density at radius 3 is 2.59 bits per heavy atom. The molecule has 1 fully saturated rings. The molecule has 0 unspecified atom stereocenters. The first-order chi connectivity index (χ1) is 8.08. The fourth-order valence-electron chi connectivity index (χ4n) is 2.34. The van der Waals surface area contributed by atoms with E-state index in [9.17, 15) is 13.5 Å². The van der Waals surface area contributed by atoms with Gasteiger partial charge in [0.25, 0.3) is 0 Å². The van der Waals surface area contributed by atoms with Gasteiger partial charge in [0.15, 0.2) is 0 Å². The minimum absolute atomic E-state index is 0.142. The van der Waals surface area contributed by atoms with Crippen molar-refractivity contribution in [1.29, 1.82) is 0 Å². The molecule has 2 rings (SSSR count). The quantitative estimate of drug-likeness (QED) is 0.753. The van der Waals surface area contributed by atoms with E-state index < -0.39 is 15.6 Å². The Kier molecular flexibility index (Phi) is 3.56. The number of hydrogen-bond donors (Lipinski definition) is 3. The van der Waals surface area contributed by atoms with E-state index in [2.05, 4.69) is 9.71 Å². The summed E-state index contributed by atoms with van der Waals surface area (Å²) in [6, 6.07) is 1.51. The smallest absolute Gasteiger partial charge is 0.242 e. The topological polar surface area (TPSA) is 82.2 Å². The van der Waals surface area contributed by atoms with Gasteiger partial charge in [-0.2, -0.15) is 0 Å². The Morgan fingerprint density at radius 1 is 1.35 bits per heavy atom. The second-order valence-electron chi connectivity index (χ2n) is 4.65. The van der Waals surface area contributed by atoms with Crippen molar-refractivity contribution in [2.45, 2.75) is 42.5 Å². The van der Waals surface area contributed by atoms with Crippen molar-refractivity contribution in [2.24, 2.45) is 0 Å². The summed E-state index contributed by atoms with van der Waals surface area (Å²) < 4.78 is 26.8. The van der Waals surface area contributed by atoms with Gasteiger partial charge in [-0.15, -0.1) is 0 Å². The van der Waals surface area contributed by atoms with Gasteiger partial charge < -0.3 is 10.1 Å². The van der Waals surface area contributed by atoms with E-state index >= 15 is 0 Å². The van der Waals surface area contributed by atoms with Crippen LogP contribution in [0.5, 0.6) is 0 Å². The van der Waals surface area contributed by atoms with E-state index in [1.165, 1.54) is 12.3 Å². The number of sulfonamides is 1. The van der Waals surface area contributed by atoms with Gasteiger partial charge in [-0.25, -0.2) is 13.1 Å². The van der Waals surface area contributed by atoms with E-state index in [0.29, 0.717) is 12.8 Å². The molecule has 1 aromatic rings. The lowest BCUT2D eigenvalue weighted by atomic mass is 9.83. The zero-order chi connectivity index (χ0) is 12.4. The molecule has 6 heteroatoms. The summed E-state index contributed by atoms with van der Waals surface area (Å²) in [7, 11) is -3.53. The summed E-state index contributed by atoms with van der Waals surface area (Å²) in [6.07, 6.45) is 7.43. The van der Waals surface area contributed by atoms with E-state index in [-0.39, 0.29) is 11.5 Å². The van der Waals surface area contributed by atoms with E-state index in [1.54, 1.807) is 6.20 Å². The molecule has 0 saturated heterocycles. The Labute approximate surface area is 101 Å². The van der Waals surface area contributed by atoms with Crippen molar-refractivity contribution < 1.29 is 13.5 Å². The van der Waals surface area contributed by atoms with Crippen LogP contribution in [0.3, 0.4) is 0 Å². The highest BCUT2D eigenvalue weighted by atomic mass is 32.2. The largest absolute Gasteiger partial charge is 0.394 e. The molecule has 0 aliphatic heterocycles. The molecule has 0 spiro atoms. The minimum Gasteiger partial charge on any atom is -0.394 e. The number of nitrogens with one attached hydrogen (secondary N) is 2. The Balaban J connectivity index is 2.19. The van der Waals surface area contributed by atoms with E-state index in [1.807, 2.05) is 0 Å². The average Bonchev–Trinajstić information content (AvgIpc) is 2.84. The number of H-pyrrole nitrogens is 1. The Hall–Kier alpha value is -0.850. The zero-order valence-corrected chi connectivity index (χ0v) is 10.5. The van der Waals surface area contributed by atoms with Crippen molar-refractivity contribution in [3.05, 3.63) is 18.5 Å². The first-order valence-electron chi connectivity index (χ1n) is 5.86. The lowest BCUT2D eigenvalue weighted by molar-refractivity contribution is 0.142. The molecule has 0 radical (unpaired) electrons. The van der Waals surface area contributed by atoms with Crippen LogP contribution in [0.2, 0.25) is 0 Å². The molecule has 1 aromatic heterocycles. The molecule has 1 saturated carbocycles. The van der Waals surface area contributed by atoms with Crippen molar-refractivity contribution in [1.82, 2.24) is 9.71 Å². The molecule has 0 bridgehead atoms. The highest BCUT2D eigenvalue weighted by Crippen LogP contribution is 2.29. The molecular formula is C11H18N2O3S. The zero-order valence-electron chi connectivity index (χ0n) is 9.65. The van der Waals surface area contributed by atoms with Gasteiger partial charge in [-0.1, -0.05) is 19.3 Å². The lowest BCUT2D eigenvalue weighted by Crippen LogP contribution is -2.52. The maximum atomic E-state index is 12.1. The van der Waals surface area contributed by atoms with Gasteiger partial charge >= 0.3 is 0 Å². The van der Waals surface area contributed by atoms with Crippen LogP contribution in [0.1, 0.15) is 32.1 Å². The number of aliphatic hydroxyl groups excluding tert-OH is 1. The van der Waals surface area contributed by atoms with Crippen molar-refractivity contribution >= 4 is 10.0 Å². The predicted octanol–water partition coefficient (Wildman–Crippen LogP) is 0.988. The highest BCUT2D eigenvalue weighted by Gasteiger charge is 2.35. The standard InChI is InChI=1S/C11H18N2O3S/c14-9-11(5-2-1-3-6-11)13-17(15,16)10-4-7-12-8-10/h4,7-8,12-14H,1-3,5-6,9H2. The molecule has 0 atom stereocenters. The third kappa shape index (κ3) is 2.70. The van der Waals surface area contributed by atoms with Crippen LogP contribution >= 0.6 is 0 Å². The molecule has 5 nitrogen and oxygen atoms in total. The third-order valence-electron chi connectivity index (χ3n) is 3.34. The normalized spacial score (nSPS) is 20.3. The maximum absolute atomic E-state index is 12.1. The summed E-state index contributed by atoms with van der Waals surface area (Å²) in [5.41, 5.74) is -0.672. The van der Waals surface area contributed by atoms with E-state index in [0.717, 1.165) is 19.3 Å². The van der Waals surface area contributed by atoms with Crippen LogP contribution < -0.4 is 4.72 Å². The van der Waals surface area contributed by atoms with Crippen molar-refractivity contribution in [2.75, 3.05) is 6.61 Å². The summed E-state index contributed by atoms with van der Waals surface area (Å²) in [5.74, 6) is 0. The second kappa shape index (κ2) is 4.80. The summed E-state index contributed by atoms with van der Waals surface area (Å²) in [6.45, 7) is -0.142. The third-order valence-corrected chi connectivity index (χ3v) is 4.92. The predicted molar refractivity (Wildman–Crippen MR) is 64.0 cm³/mol. The fourth-order valence-corrected chi connectivity index (χ4v) is 3.77. The molecule has 0 aromatic carbocycles. The molecule has 1 aliphatic rings. The molecule has 96 valence electrons. The summed E-state index contributed by atoms with van der Waals surface area (Å²) in [4.78, 5) is 2.94. The van der Waals surface area contributed by atoms with Gasteiger partial charge in [-0.3, -0.25) is 0 Å². The van der Waals surface area contributed by atoms with Crippen molar-refractivity contribution in [3.8, 4) is 0 Å². The molecule has 3 N–H and O–H groups in total. The number of hydrogen-bond acceptors (Lipinski definition) is 3. The fraction of sp³-hybridized carbons (Fsp3) is 0.636. The van der Waals surface area contributed by atoms with Crippen LogP contribution in [0.15, 0.2) is 23.4 Å². The molecule has 1 aliphatic carbocycles. The molecule has 17 heavy (non-hydrogen) atoms. The summed E-state index contributed by atoms with van der Waals surface area (Å²) in [5, 5.41) is 9.47. The summed E-state index contributed by atoms with van der Waals surface area (Å²) >= 11 is 0. The lowest BCUT2D eigenvalue weighted by Gasteiger charge is -2.35. The number of aliphatic hydroxyl groups is 1. The first kappa shape index (κ1) is 12.6. The van der Waals surface area contributed by atoms with Gasteiger partial charge in [0, 0.05) is 12.4 Å². The Morgan fingerprint density at radius 2 is 2.06 bits per heavy atom. The van der Waals surface area contributed by atoms with Gasteiger partial charge in [0.1, 0.15) is 0 Å². The Bertz CT molecular complexity index is 447. The molecule has 1 heterocycles. The first-order valence-corrected chi connectivity index (χ1v) is 7.34. The van der Waals surface area contributed by atoms with Crippen LogP contribution in [0.4, 0.5) is 0 Å². The monoisotopic (exact) mass is 258 g/mol. The number of rotatable bonds is 4. The highest BCUT2D eigenvalue weighted by molar-refractivity contribution is 7.89. The van der Waals surface area contributed by atoms with Gasteiger partial charge in [-0.05, 0) is 18.9 Å². The SMILES string of the molecule is O=S(=O)(NC1(CO)CCCCC1)c1cc[nH]c1. The van der Waals surface area contributed by atoms with Crippen LogP contribution in [0.25, 0.3) is 0 Å². The maximum Gasteiger partial charge on any atom is 0.242 e. The van der Waals surface area contributed by atoms with Crippen LogP contribution in [0, 0.1) is 0 Å². The number of aromatic nitrogens is 1. The van der Waals surface area contributed by atoms with Gasteiger partial charge in [0.05, 0.1) is 17.0 Å².